The average Bonchev–Trinajstić information content (AvgIpc) is 3.21. The number of carbonyl (C=O) groups excluding carboxylic acids is 2. The Morgan fingerprint density at radius 3 is 2.68 bits per heavy atom. The summed E-state index contributed by atoms with van der Waals surface area (Å²) in [7, 11) is 1.57. The van der Waals surface area contributed by atoms with Gasteiger partial charge in [0, 0.05) is 12.8 Å². The first-order valence-electron chi connectivity index (χ1n) is 9.79. The second-order valence-corrected chi connectivity index (χ2v) is 7.39. The minimum Gasteiger partial charge on any atom is -0.497 e. The Labute approximate surface area is 185 Å². The van der Waals surface area contributed by atoms with Gasteiger partial charge in [-0.3, -0.25) is 4.79 Å². The molecule has 3 rings (SSSR count). The van der Waals surface area contributed by atoms with Gasteiger partial charge in [0.25, 0.3) is 0 Å². The SMILES string of the molecule is COc1cccc(C[C@H](NC(=O)OCc2ccccc2)C(=O)NCC2CC(Cl)=NO2)c1. The molecule has 9 heteroatoms. The van der Waals surface area contributed by atoms with Gasteiger partial charge in [-0.05, 0) is 23.3 Å². The molecule has 0 aromatic heterocycles. The minimum absolute atomic E-state index is 0.103. The van der Waals surface area contributed by atoms with Crippen molar-refractivity contribution in [3.8, 4) is 5.75 Å². The fourth-order valence-corrected chi connectivity index (χ4v) is 3.20. The molecule has 0 spiro atoms. The number of oxime groups is 1. The van der Waals surface area contributed by atoms with Crippen LogP contribution in [0.15, 0.2) is 59.8 Å². The molecule has 0 saturated heterocycles. The lowest BCUT2D eigenvalue weighted by molar-refractivity contribution is -0.123. The van der Waals surface area contributed by atoms with Crippen molar-refractivity contribution in [1.29, 1.82) is 0 Å². The van der Waals surface area contributed by atoms with E-state index in [0.717, 1.165) is 11.1 Å². The predicted octanol–water partition coefficient (Wildman–Crippen LogP) is 2.99. The number of nitrogens with zero attached hydrogens (tertiary/aromatic N) is 1. The van der Waals surface area contributed by atoms with Crippen molar-refractivity contribution in [2.24, 2.45) is 5.16 Å². The van der Waals surface area contributed by atoms with Crippen molar-refractivity contribution in [2.45, 2.75) is 31.6 Å². The Balaban J connectivity index is 1.60. The maximum Gasteiger partial charge on any atom is 0.408 e. The molecule has 2 atom stereocenters. The quantitative estimate of drug-likeness (QED) is 0.618. The van der Waals surface area contributed by atoms with E-state index in [9.17, 15) is 9.59 Å². The van der Waals surface area contributed by atoms with Gasteiger partial charge in [0.2, 0.25) is 5.91 Å². The molecular formula is C22H24ClN3O5. The molecule has 0 bridgehead atoms. The third-order valence-corrected chi connectivity index (χ3v) is 4.82. The summed E-state index contributed by atoms with van der Waals surface area (Å²) in [5.41, 5.74) is 1.67. The van der Waals surface area contributed by atoms with Gasteiger partial charge < -0.3 is 24.9 Å². The molecule has 2 aromatic carbocycles. The van der Waals surface area contributed by atoms with Crippen LogP contribution >= 0.6 is 11.6 Å². The second-order valence-electron chi connectivity index (χ2n) is 6.96. The number of methoxy groups -OCH3 is 1. The van der Waals surface area contributed by atoms with Crippen LogP contribution in [-0.4, -0.2) is 43.0 Å². The van der Waals surface area contributed by atoms with Crippen LogP contribution in [0.1, 0.15) is 17.5 Å². The number of nitrogens with one attached hydrogen (secondary N) is 2. The van der Waals surface area contributed by atoms with E-state index in [0.29, 0.717) is 17.3 Å². The van der Waals surface area contributed by atoms with E-state index in [-0.39, 0.29) is 31.6 Å². The van der Waals surface area contributed by atoms with E-state index < -0.39 is 12.1 Å². The van der Waals surface area contributed by atoms with E-state index in [1.54, 1.807) is 13.2 Å². The van der Waals surface area contributed by atoms with Gasteiger partial charge in [-0.2, -0.15) is 0 Å². The zero-order valence-electron chi connectivity index (χ0n) is 17.0. The van der Waals surface area contributed by atoms with Gasteiger partial charge in [-0.1, -0.05) is 59.2 Å². The van der Waals surface area contributed by atoms with Crippen LogP contribution < -0.4 is 15.4 Å². The number of alkyl carbamates (subject to hydrolysis) is 1. The van der Waals surface area contributed by atoms with Crippen LogP contribution in [0.4, 0.5) is 4.79 Å². The first kappa shape index (κ1) is 22.4. The van der Waals surface area contributed by atoms with E-state index in [4.69, 9.17) is 25.9 Å². The summed E-state index contributed by atoms with van der Waals surface area (Å²) in [6, 6.07) is 15.7. The third-order valence-electron chi connectivity index (χ3n) is 4.60. The van der Waals surface area contributed by atoms with Crippen molar-refractivity contribution >= 4 is 28.8 Å². The predicted molar refractivity (Wildman–Crippen MR) is 116 cm³/mol. The Morgan fingerprint density at radius 2 is 1.97 bits per heavy atom. The standard InChI is InChI=1S/C22H24ClN3O5/c1-29-17-9-5-8-16(10-17)11-19(21(27)24-13-18-12-20(23)26-31-18)25-22(28)30-14-15-6-3-2-4-7-15/h2-10,18-19H,11-14H2,1H3,(H,24,27)(H,25,28)/t18?,19-/m0/s1. The van der Waals surface area contributed by atoms with Crippen molar-refractivity contribution in [3.05, 3.63) is 65.7 Å². The molecule has 1 aliphatic rings. The van der Waals surface area contributed by atoms with Crippen LogP contribution in [0.25, 0.3) is 0 Å². The van der Waals surface area contributed by atoms with Gasteiger partial charge in [0.15, 0.2) is 6.10 Å². The van der Waals surface area contributed by atoms with E-state index in [1.807, 2.05) is 48.5 Å². The molecule has 0 fully saturated rings. The summed E-state index contributed by atoms with van der Waals surface area (Å²) in [6.07, 6.45) is -0.337. The van der Waals surface area contributed by atoms with Crippen LogP contribution in [0.5, 0.6) is 5.75 Å². The van der Waals surface area contributed by atoms with E-state index >= 15 is 0 Å². The highest BCUT2D eigenvalue weighted by atomic mass is 35.5. The summed E-state index contributed by atoms with van der Waals surface area (Å²) < 4.78 is 10.5. The van der Waals surface area contributed by atoms with E-state index in [2.05, 4.69) is 15.8 Å². The summed E-state index contributed by atoms with van der Waals surface area (Å²) in [5, 5.41) is 9.44. The highest BCUT2D eigenvalue weighted by Crippen LogP contribution is 2.15. The zero-order chi connectivity index (χ0) is 22.1. The Kier molecular flexibility index (Phi) is 8.12. The number of hydrogen-bond acceptors (Lipinski definition) is 6. The van der Waals surface area contributed by atoms with Gasteiger partial charge in [-0.15, -0.1) is 0 Å². The Bertz CT molecular complexity index is 922. The van der Waals surface area contributed by atoms with Crippen molar-refractivity contribution < 1.29 is 23.9 Å². The second kappa shape index (κ2) is 11.2. The number of halogens is 1. The number of carbonyl (C=O) groups is 2. The molecule has 2 aromatic rings. The first-order chi connectivity index (χ1) is 15.0. The smallest absolute Gasteiger partial charge is 0.408 e. The molecule has 1 unspecified atom stereocenters. The highest BCUT2D eigenvalue weighted by molar-refractivity contribution is 6.65. The van der Waals surface area contributed by atoms with Gasteiger partial charge >= 0.3 is 6.09 Å². The molecule has 8 nitrogen and oxygen atoms in total. The first-order valence-corrected chi connectivity index (χ1v) is 10.2. The lowest BCUT2D eigenvalue weighted by Gasteiger charge is -2.19. The molecule has 2 amide bonds. The van der Waals surface area contributed by atoms with Crippen LogP contribution in [0, 0.1) is 0 Å². The number of amides is 2. The molecule has 0 radical (unpaired) electrons. The molecule has 1 heterocycles. The fourth-order valence-electron chi connectivity index (χ4n) is 2.99. The molecular weight excluding hydrogens is 422 g/mol. The summed E-state index contributed by atoms with van der Waals surface area (Å²) in [4.78, 5) is 30.3. The lowest BCUT2D eigenvalue weighted by atomic mass is 10.0. The van der Waals surface area contributed by atoms with Gasteiger partial charge in [-0.25, -0.2) is 4.79 Å². The van der Waals surface area contributed by atoms with E-state index in [1.165, 1.54) is 0 Å². The lowest BCUT2D eigenvalue weighted by Crippen LogP contribution is -2.49. The maximum atomic E-state index is 12.8. The Hall–Kier alpha value is -3.26. The molecule has 31 heavy (non-hydrogen) atoms. The monoisotopic (exact) mass is 445 g/mol. The Morgan fingerprint density at radius 1 is 1.19 bits per heavy atom. The average molecular weight is 446 g/mol. The minimum atomic E-state index is -0.854. The normalized spacial score (nSPS) is 15.9. The van der Waals surface area contributed by atoms with Crippen molar-refractivity contribution in [2.75, 3.05) is 13.7 Å². The molecule has 164 valence electrons. The highest BCUT2D eigenvalue weighted by Gasteiger charge is 2.25. The molecule has 2 N–H and O–H groups in total. The summed E-state index contributed by atoms with van der Waals surface area (Å²) in [6.45, 7) is 0.319. The van der Waals surface area contributed by atoms with Crippen LogP contribution in [-0.2, 0) is 27.4 Å². The zero-order valence-corrected chi connectivity index (χ0v) is 17.8. The summed E-state index contributed by atoms with van der Waals surface area (Å²) in [5.74, 6) is 0.292. The largest absolute Gasteiger partial charge is 0.497 e. The van der Waals surface area contributed by atoms with Crippen LogP contribution in [0.3, 0.4) is 0 Å². The number of rotatable bonds is 9. The molecule has 0 aliphatic carbocycles. The third kappa shape index (κ3) is 7.18. The summed E-state index contributed by atoms with van der Waals surface area (Å²) >= 11 is 5.80. The van der Waals surface area contributed by atoms with Crippen molar-refractivity contribution in [3.63, 3.8) is 0 Å². The van der Waals surface area contributed by atoms with Crippen molar-refractivity contribution in [1.82, 2.24) is 10.6 Å². The number of benzene rings is 2. The maximum absolute atomic E-state index is 12.8. The molecule has 0 saturated carbocycles. The van der Waals surface area contributed by atoms with Gasteiger partial charge in [0.1, 0.15) is 23.6 Å². The topological polar surface area (TPSA) is 98.2 Å². The fraction of sp³-hybridized carbons (Fsp3) is 0.318. The number of ether oxygens (including phenoxy) is 2. The van der Waals surface area contributed by atoms with Gasteiger partial charge in [0.05, 0.1) is 13.7 Å². The van der Waals surface area contributed by atoms with Crippen LogP contribution in [0.2, 0.25) is 0 Å². The number of hydrogen-bond donors (Lipinski definition) is 2. The molecule has 1 aliphatic heterocycles.